The fourth-order valence-corrected chi connectivity index (χ4v) is 3.60. The molecule has 0 bridgehead atoms. The van der Waals surface area contributed by atoms with Crippen molar-refractivity contribution in [2.75, 3.05) is 7.11 Å². The number of benzene rings is 3. The quantitative estimate of drug-likeness (QED) is 0.508. The van der Waals surface area contributed by atoms with E-state index in [4.69, 9.17) is 4.74 Å². The van der Waals surface area contributed by atoms with Crippen LogP contribution in [0.2, 0.25) is 0 Å². The van der Waals surface area contributed by atoms with E-state index in [1.54, 1.807) is 7.11 Å². The molecule has 3 aromatic carbocycles. The van der Waals surface area contributed by atoms with Crippen molar-refractivity contribution in [3.05, 3.63) is 113 Å². The molecule has 0 saturated carbocycles. The van der Waals surface area contributed by atoms with E-state index in [9.17, 15) is 9.90 Å². The second-order valence-electron chi connectivity index (χ2n) is 7.16. The van der Waals surface area contributed by atoms with Crippen LogP contribution in [0.15, 0.2) is 96.1 Å². The van der Waals surface area contributed by atoms with E-state index in [-0.39, 0.29) is 0 Å². The van der Waals surface area contributed by atoms with Gasteiger partial charge in [0, 0.05) is 0 Å². The zero-order valence-electron chi connectivity index (χ0n) is 16.8. The summed E-state index contributed by atoms with van der Waals surface area (Å²) in [5, 5.41) is 10.0. The molecule has 3 rings (SSSR count). The molecule has 0 heterocycles. The molecule has 29 heavy (non-hydrogen) atoms. The van der Waals surface area contributed by atoms with Crippen molar-refractivity contribution >= 4 is 5.97 Å². The summed E-state index contributed by atoms with van der Waals surface area (Å²) in [6.45, 7) is 1.95. The Morgan fingerprint density at radius 2 is 1.31 bits per heavy atom. The lowest BCUT2D eigenvalue weighted by Gasteiger charge is -2.20. The highest BCUT2D eigenvalue weighted by Gasteiger charge is 2.24. The van der Waals surface area contributed by atoms with Crippen molar-refractivity contribution in [1.82, 2.24) is 0 Å². The Balaban J connectivity index is 2.03. The lowest BCUT2D eigenvalue weighted by Crippen LogP contribution is -2.16. The Hall–Kier alpha value is -3.33. The molecule has 0 aliphatic rings. The SMILES string of the molecule is COc1ccc(C(C(=O)O)C(C)=C(Cc2ccccc2)Cc2ccccc2)cc1. The molecule has 1 unspecified atom stereocenters. The normalized spacial score (nSPS) is 11.5. The maximum absolute atomic E-state index is 12.2. The molecule has 0 fully saturated rings. The minimum absolute atomic E-state index is 0.691. The maximum Gasteiger partial charge on any atom is 0.315 e. The largest absolute Gasteiger partial charge is 0.497 e. The predicted molar refractivity (Wildman–Crippen MR) is 116 cm³/mol. The van der Waals surface area contributed by atoms with Crippen LogP contribution in [0.5, 0.6) is 5.75 Å². The molecule has 3 heteroatoms. The molecule has 0 spiro atoms. The molecular formula is C26H26O3. The number of carboxylic acid groups (broad SMARTS) is 1. The second-order valence-corrected chi connectivity index (χ2v) is 7.16. The Morgan fingerprint density at radius 3 is 1.72 bits per heavy atom. The topological polar surface area (TPSA) is 46.5 Å². The molecule has 0 radical (unpaired) electrons. The third-order valence-corrected chi connectivity index (χ3v) is 5.21. The van der Waals surface area contributed by atoms with Crippen LogP contribution < -0.4 is 4.74 Å². The van der Waals surface area contributed by atoms with Gasteiger partial charge in [0.15, 0.2) is 0 Å². The summed E-state index contributed by atoms with van der Waals surface area (Å²) in [7, 11) is 1.60. The van der Waals surface area contributed by atoms with E-state index in [1.165, 1.54) is 11.1 Å². The minimum atomic E-state index is -0.841. The first-order valence-electron chi connectivity index (χ1n) is 9.71. The van der Waals surface area contributed by atoms with Crippen molar-refractivity contribution in [1.29, 1.82) is 0 Å². The van der Waals surface area contributed by atoms with Gasteiger partial charge in [-0.25, -0.2) is 0 Å². The monoisotopic (exact) mass is 386 g/mol. The van der Waals surface area contributed by atoms with Crippen molar-refractivity contribution in [2.45, 2.75) is 25.7 Å². The lowest BCUT2D eigenvalue weighted by atomic mass is 9.84. The summed E-state index contributed by atoms with van der Waals surface area (Å²) in [5.74, 6) is -0.817. The Bertz CT molecular complexity index is 914. The van der Waals surface area contributed by atoms with Crippen LogP contribution in [-0.2, 0) is 17.6 Å². The van der Waals surface area contributed by atoms with Crippen molar-refractivity contribution in [3.8, 4) is 5.75 Å². The van der Waals surface area contributed by atoms with Gasteiger partial charge in [-0.3, -0.25) is 4.79 Å². The molecular weight excluding hydrogens is 360 g/mol. The Labute approximate surface area is 172 Å². The molecule has 0 amide bonds. The van der Waals surface area contributed by atoms with Crippen LogP contribution in [0, 0.1) is 0 Å². The smallest absolute Gasteiger partial charge is 0.315 e. The van der Waals surface area contributed by atoms with Crippen LogP contribution in [0.25, 0.3) is 0 Å². The lowest BCUT2D eigenvalue weighted by molar-refractivity contribution is -0.137. The summed E-state index contributed by atoms with van der Waals surface area (Å²) in [6.07, 6.45) is 1.45. The average Bonchev–Trinajstić information content (AvgIpc) is 2.75. The summed E-state index contributed by atoms with van der Waals surface area (Å²) in [4.78, 5) is 12.2. The number of hydrogen-bond acceptors (Lipinski definition) is 2. The van der Waals surface area contributed by atoms with Crippen LogP contribution in [-0.4, -0.2) is 18.2 Å². The van der Waals surface area contributed by atoms with Crippen molar-refractivity contribution in [3.63, 3.8) is 0 Å². The van der Waals surface area contributed by atoms with Gasteiger partial charge in [0.2, 0.25) is 0 Å². The van der Waals surface area contributed by atoms with Crippen LogP contribution >= 0.6 is 0 Å². The first-order chi connectivity index (χ1) is 14.1. The average molecular weight is 386 g/mol. The van der Waals surface area contributed by atoms with Gasteiger partial charge in [-0.05, 0) is 48.6 Å². The number of carboxylic acids is 1. The highest BCUT2D eigenvalue weighted by Crippen LogP contribution is 2.31. The third-order valence-electron chi connectivity index (χ3n) is 5.21. The zero-order chi connectivity index (χ0) is 20.6. The molecule has 0 aromatic heterocycles. The van der Waals surface area contributed by atoms with E-state index in [1.807, 2.05) is 67.6 Å². The van der Waals surface area contributed by atoms with Gasteiger partial charge >= 0.3 is 5.97 Å². The second kappa shape index (κ2) is 9.74. The fourth-order valence-electron chi connectivity index (χ4n) is 3.60. The molecule has 0 saturated heterocycles. The molecule has 3 aromatic rings. The van der Waals surface area contributed by atoms with Crippen LogP contribution in [0.1, 0.15) is 29.5 Å². The highest BCUT2D eigenvalue weighted by molar-refractivity contribution is 5.80. The fraction of sp³-hybridized carbons (Fsp3) is 0.192. The van der Waals surface area contributed by atoms with Gasteiger partial charge in [0.25, 0.3) is 0 Å². The molecule has 0 aliphatic heterocycles. The molecule has 1 atom stereocenters. The van der Waals surface area contributed by atoms with Crippen LogP contribution in [0.4, 0.5) is 0 Å². The van der Waals surface area contributed by atoms with Crippen molar-refractivity contribution < 1.29 is 14.6 Å². The zero-order valence-corrected chi connectivity index (χ0v) is 16.8. The van der Waals surface area contributed by atoms with Gasteiger partial charge in [-0.15, -0.1) is 0 Å². The van der Waals surface area contributed by atoms with Gasteiger partial charge < -0.3 is 9.84 Å². The number of hydrogen-bond donors (Lipinski definition) is 1. The highest BCUT2D eigenvalue weighted by atomic mass is 16.5. The third kappa shape index (κ3) is 5.35. The molecule has 1 N–H and O–H groups in total. The van der Waals surface area contributed by atoms with Crippen LogP contribution in [0.3, 0.4) is 0 Å². The predicted octanol–water partition coefficient (Wildman–Crippen LogP) is 5.67. The number of rotatable bonds is 8. The molecule has 0 aliphatic carbocycles. The number of allylic oxidation sites excluding steroid dienone is 1. The summed E-state index contributed by atoms with van der Waals surface area (Å²) < 4.78 is 5.22. The standard InChI is InChI=1S/C26H26O3/c1-19(25(26(27)28)22-13-15-24(29-2)16-14-22)23(17-20-9-5-3-6-10-20)18-21-11-7-4-8-12-21/h3-16,25H,17-18H2,1-2H3,(H,27,28). The first kappa shape index (κ1) is 20.4. The summed E-state index contributed by atoms with van der Waals surface area (Å²) in [6, 6.07) is 27.7. The maximum atomic E-state index is 12.2. The van der Waals surface area contributed by atoms with Gasteiger partial charge in [0.1, 0.15) is 11.7 Å². The first-order valence-corrected chi connectivity index (χ1v) is 9.71. The van der Waals surface area contributed by atoms with Gasteiger partial charge in [0.05, 0.1) is 7.11 Å². The Morgan fingerprint density at radius 1 is 0.828 bits per heavy atom. The van der Waals surface area contributed by atoms with Gasteiger partial charge in [-0.2, -0.15) is 0 Å². The van der Waals surface area contributed by atoms with E-state index in [0.717, 1.165) is 29.6 Å². The number of ether oxygens (including phenoxy) is 1. The van der Waals surface area contributed by atoms with E-state index < -0.39 is 11.9 Å². The number of aliphatic carboxylic acids is 1. The van der Waals surface area contributed by atoms with Gasteiger partial charge in [-0.1, -0.05) is 83.9 Å². The Kier molecular flexibility index (Phi) is 6.85. The van der Waals surface area contributed by atoms with E-state index in [2.05, 4.69) is 24.3 Å². The number of methoxy groups -OCH3 is 1. The minimum Gasteiger partial charge on any atom is -0.497 e. The molecule has 148 valence electrons. The summed E-state index contributed by atoms with van der Waals surface area (Å²) in [5.41, 5.74) is 5.13. The number of carbonyl (C=O) groups is 1. The van der Waals surface area contributed by atoms with Crippen molar-refractivity contribution in [2.24, 2.45) is 0 Å². The van der Waals surface area contributed by atoms with E-state index >= 15 is 0 Å². The van der Waals surface area contributed by atoms with E-state index in [0.29, 0.717) is 5.75 Å². The summed E-state index contributed by atoms with van der Waals surface area (Å²) >= 11 is 0. The molecule has 3 nitrogen and oxygen atoms in total.